The van der Waals surface area contributed by atoms with Crippen LogP contribution in [0.25, 0.3) is 0 Å². The summed E-state index contributed by atoms with van der Waals surface area (Å²) in [5, 5.41) is 2.74. The number of nitrogens with one attached hydrogen (secondary N) is 2. The fourth-order valence-corrected chi connectivity index (χ4v) is 5.48. The van der Waals surface area contributed by atoms with E-state index in [2.05, 4.69) is 10.0 Å². The molecule has 2 N–H and O–H groups in total. The number of hydrogen-bond acceptors (Lipinski definition) is 4. The molecule has 1 heterocycles. The molecule has 0 radical (unpaired) electrons. The van der Waals surface area contributed by atoms with Gasteiger partial charge in [0.2, 0.25) is 5.91 Å². The number of fused-ring (bicyclic) bond motifs is 1. The highest BCUT2D eigenvalue weighted by molar-refractivity contribution is 8.00. The molecule has 0 saturated carbocycles. The van der Waals surface area contributed by atoms with Gasteiger partial charge in [0.1, 0.15) is 5.37 Å². The number of rotatable bonds is 4. The maximum atomic E-state index is 12.8. The molecule has 26 heavy (non-hydrogen) atoms. The lowest BCUT2D eigenvalue weighted by Crippen LogP contribution is -2.19. The van der Waals surface area contributed by atoms with Gasteiger partial charge >= 0.3 is 0 Å². The highest BCUT2D eigenvalue weighted by atomic mass is 32.2. The Morgan fingerprint density at radius 3 is 2.62 bits per heavy atom. The molecular formula is C19H20N2O3S2. The van der Waals surface area contributed by atoms with Crippen LogP contribution in [0, 0.1) is 0 Å². The SMILES string of the molecule is O=C1CSC(c2cccc(NS(=O)(=O)c3ccc4c(c3)CCCC4)c2)N1. The Morgan fingerprint density at radius 2 is 1.85 bits per heavy atom. The highest BCUT2D eigenvalue weighted by Crippen LogP contribution is 2.32. The second kappa shape index (κ2) is 6.96. The van der Waals surface area contributed by atoms with E-state index in [0.29, 0.717) is 16.3 Å². The van der Waals surface area contributed by atoms with Gasteiger partial charge in [-0.1, -0.05) is 18.2 Å². The molecule has 1 unspecified atom stereocenters. The van der Waals surface area contributed by atoms with Crippen LogP contribution in [-0.4, -0.2) is 20.1 Å². The molecule has 1 aliphatic carbocycles. The number of amides is 1. The molecule has 1 amide bonds. The first kappa shape index (κ1) is 17.4. The van der Waals surface area contributed by atoms with E-state index in [1.165, 1.54) is 23.7 Å². The summed E-state index contributed by atoms with van der Waals surface area (Å²) in [4.78, 5) is 11.7. The van der Waals surface area contributed by atoms with Crippen molar-refractivity contribution in [3.05, 3.63) is 59.2 Å². The molecule has 1 atom stereocenters. The van der Waals surface area contributed by atoms with Crippen LogP contribution in [0.15, 0.2) is 47.4 Å². The van der Waals surface area contributed by atoms with E-state index in [0.717, 1.165) is 30.4 Å². The van der Waals surface area contributed by atoms with Gasteiger partial charge in [-0.15, -0.1) is 11.8 Å². The van der Waals surface area contributed by atoms with Crippen molar-refractivity contribution in [3.8, 4) is 0 Å². The van der Waals surface area contributed by atoms with Gasteiger partial charge in [0.25, 0.3) is 10.0 Å². The fourth-order valence-electron chi connectivity index (χ4n) is 3.42. The van der Waals surface area contributed by atoms with Crippen molar-refractivity contribution >= 4 is 33.4 Å². The Kier molecular flexibility index (Phi) is 4.67. The second-order valence-electron chi connectivity index (χ2n) is 6.63. The third-order valence-electron chi connectivity index (χ3n) is 4.75. The van der Waals surface area contributed by atoms with Gasteiger partial charge in [0.05, 0.1) is 10.6 Å². The van der Waals surface area contributed by atoms with Gasteiger partial charge in [-0.25, -0.2) is 8.42 Å². The van der Waals surface area contributed by atoms with Crippen molar-refractivity contribution in [2.75, 3.05) is 10.5 Å². The number of anilines is 1. The van der Waals surface area contributed by atoms with Gasteiger partial charge in [0, 0.05) is 5.69 Å². The lowest BCUT2D eigenvalue weighted by atomic mass is 9.92. The molecule has 1 fully saturated rings. The molecule has 5 nitrogen and oxygen atoms in total. The molecule has 7 heteroatoms. The molecular weight excluding hydrogens is 368 g/mol. The van der Waals surface area contributed by atoms with Crippen LogP contribution in [0.1, 0.15) is 34.9 Å². The van der Waals surface area contributed by atoms with Crippen molar-refractivity contribution < 1.29 is 13.2 Å². The number of thioether (sulfide) groups is 1. The minimum Gasteiger partial charge on any atom is -0.339 e. The molecule has 0 spiro atoms. The van der Waals surface area contributed by atoms with E-state index in [4.69, 9.17) is 0 Å². The average molecular weight is 389 g/mol. The van der Waals surface area contributed by atoms with E-state index in [9.17, 15) is 13.2 Å². The van der Waals surface area contributed by atoms with E-state index in [1.807, 2.05) is 12.1 Å². The number of benzene rings is 2. The van der Waals surface area contributed by atoms with Crippen LogP contribution < -0.4 is 10.0 Å². The highest BCUT2D eigenvalue weighted by Gasteiger charge is 2.24. The number of aryl methyl sites for hydroxylation is 2. The Hall–Kier alpha value is -1.99. The van der Waals surface area contributed by atoms with Crippen molar-refractivity contribution in [1.82, 2.24) is 5.32 Å². The summed E-state index contributed by atoms with van der Waals surface area (Å²) in [5.41, 5.74) is 3.78. The quantitative estimate of drug-likeness (QED) is 0.843. The second-order valence-corrected chi connectivity index (χ2v) is 9.40. The normalized spacial score (nSPS) is 19.7. The summed E-state index contributed by atoms with van der Waals surface area (Å²) >= 11 is 1.50. The molecule has 1 saturated heterocycles. The Labute approximate surface area is 157 Å². The first-order valence-corrected chi connectivity index (χ1v) is 11.2. The van der Waals surface area contributed by atoms with Crippen molar-refractivity contribution in [1.29, 1.82) is 0 Å². The number of carbonyl (C=O) groups excluding carboxylic acids is 1. The molecule has 2 aliphatic rings. The molecule has 1 aliphatic heterocycles. The van der Waals surface area contributed by atoms with Crippen LogP contribution in [-0.2, 0) is 27.7 Å². The molecule has 4 rings (SSSR count). The fraction of sp³-hybridized carbons (Fsp3) is 0.316. The van der Waals surface area contributed by atoms with Gasteiger partial charge in [-0.2, -0.15) is 0 Å². The molecule has 2 aromatic carbocycles. The van der Waals surface area contributed by atoms with Crippen LogP contribution in [0.3, 0.4) is 0 Å². The lowest BCUT2D eigenvalue weighted by Gasteiger charge is -2.17. The topological polar surface area (TPSA) is 75.3 Å². The minimum atomic E-state index is -3.64. The zero-order valence-electron chi connectivity index (χ0n) is 14.2. The monoisotopic (exact) mass is 388 g/mol. The Bertz CT molecular complexity index is 957. The van der Waals surface area contributed by atoms with Crippen LogP contribution in [0.4, 0.5) is 5.69 Å². The first-order chi connectivity index (χ1) is 12.5. The number of hydrogen-bond donors (Lipinski definition) is 2. The molecule has 0 aromatic heterocycles. The minimum absolute atomic E-state index is 0.0000399. The first-order valence-electron chi connectivity index (χ1n) is 8.67. The van der Waals surface area contributed by atoms with Crippen LogP contribution >= 0.6 is 11.8 Å². The van der Waals surface area contributed by atoms with Crippen molar-refractivity contribution in [2.24, 2.45) is 0 Å². The van der Waals surface area contributed by atoms with Crippen LogP contribution in [0.2, 0.25) is 0 Å². The predicted octanol–water partition coefficient (Wildman–Crippen LogP) is 3.23. The smallest absolute Gasteiger partial charge is 0.261 e. The summed E-state index contributed by atoms with van der Waals surface area (Å²) in [6.45, 7) is 0. The molecule has 136 valence electrons. The third kappa shape index (κ3) is 3.59. The number of carbonyl (C=O) groups is 1. The van der Waals surface area contributed by atoms with E-state index in [1.54, 1.807) is 30.3 Å². The van der Waals surface area contributed by atoms with Crippen molar-refractivity contribution in [2.45, 2.75) is 36.0 Å². The average Bonchev–Trinajstić information content (AvgIpc) is 3.08. The summed E-state index contributed by atoms with van der Waals surface area (Å²) < 4.78 is 28.2. The summed E-state index contributed by atoms with van der Waals surface area (Å²) in [6, 6.07) is 12.6. The summed E-state index contributed by atoms with van der Waals surface area (Å²) in [5.74, 6) is 0.426. The zero-order valence-corrected chi connectivity index (χ0v) is 15.8. The number of sulfonamides is 1. The largest absolute Gasteiger partial charge is 0.339 e. The van der Waals surface area contributed by atoms with E-state index >= 15 is 0 Å². The maximum Gasteiger partial charge on any atom is 0.261 e. The van der Waals surface area contributed by atoms with Crippen LogP contribution in [0.5, 0.6) is 0 Å². The van der Waals surface area contributed by atoms with E-state index in [-0.39, 0.29) is 11.3 Å². The lowest BCUT2D eigenvalue weighted by molar-refractivity contribution is -0.118. The van der Waals surface area contributed by atoms with E-state index < -0.39 is 10.0 Å². The van der Waals surface area contributed by atoms with Gasteiger partial charge in [0.15, 0.2) is 0 Å². The van der Waals surface area contributed by atoms with Crippen molar-refractivity contribution in [3.63, 3.8) is 0 Å². The maximum absolute atomic E-state index is 12.8. The summed E-state index contributed by atoms with van der Waals surface area (Å²) in [6.07, 6.45) is 4.24. The van der Waals surface area contributed by atoms with Gasteiger partial charge in [-0.05, 0) is 66.6 Å². The molecule has 0 bridgehead atoms. The third-order valence-corrected chi connectivity index (χ3v) is 7.28. The zero-order chi connectivity index (χ0) is 18.1. The van der Waals surface area contributed by atoms with Gasteiger partial charge in [-0.3, -0.25) is 9.52 Å². The summed E-state index contributed by atoms with van der Waals surface area (Å²) in [7, 11) is -3.64. The molecule has 2 aromatic rings. The Morgan fingerprint density at radius 1 is 1.04 bits per heavy atom. The van der Waals surface area contributed by atoms with Gasteiger partial charge < -0.3 is 5.32 Å². The Balaban J connectivity index is 1.57. The predicted molar refractivity (Wildman–Crippen MR) is 104 cm³/mol. The standard InChI is InChI=1S/C19H20N2O3S2/c22-18-12-25-19(20-18)15-6-3-7-16(10-15)21-26(23,24)17-9-8-13-4-1-2-5-14(13)11-17/h3,6-11,19,21H,1-2,4-5,12H2,(H,20,22).